The number of hydrogen-bond acceptors (Lipinski definition) is 5. The third-order valence-corrected chi connectivity index (χ3v) is 3.82. The molecule has 0 saturated carbocycles. The Morgan fingerprint density at radius 2 is 2.00 bits per heavy atom. The highest BCUT2D eigenvalue weighted by molar-refractivity contribution is 5.77. The minimum atomic E-state index is -0.193. The minimum absolute atomic E-state index is 0.0857. The summed E-state index contributed by atoms with van der Waals surface area (Å²) in [5, 5.41) is 10.9. The normalized spacial score (nSPS) is 10.5. The van der Waals surface area contributed by atoms with Gasteiger partial charge in [-0.15, -0.1) is 10.2 Å². The van der Waals surface area contributed by atoms with Crippen LogP contribution in [-0.2, 0) is 17.8 Å². The summed E-state index contributed by atoms with van der Waals surface area (Å²) < 4.78 is 11.2. The Kier molecular flexibility index (Phi) is 5.63. The van der Waals surface area contributed by atoms with Crippen LogP contribution >= 0.6 is 0 Å². The lowest BCUT2D eigenvalue weighted by molar-refractivity contribution is -0.123. The van der Waals surface area contributed by atoms with E-state index in [9.17, 15) is 4.79 Å². The minimum Gasteiger partial charge on any atom is -0.483 e. The molecule has 3 aromatic rings. The van der Waals surface area contributed by atoms with Gasteiger partial charge in [0.05, 0.1) is 5.56 Å². The average molecular weight is 351 g/mol. The molecule has 0 fully saturated rings. The number of ether oxygens (including phenoxy) is 1. The summed E-state index contributed by atoms with van der Waals surface area (Å²) in [6, 6.07) is 15.3. The summed E-state index contributed by atoms with van der Waals surface area (Å²) in [6.07, 6.45) is 0.664. The standard InChI is InChI=1S/C20H21N3O3/c1-3-19-22-23-20(26-19)16-9-4-5-10-17(16)25-13-18(24)21-12-15-8-6-7-14(2)11-15/h4-11H,3,12-13H2,1-2H3,(H,21,24). The van der Waals surface area contributed by atoms with Gasteiger partial charge in [-0.2, -0.15) is 0 Å². The van der Waals surface area contributed by atoms with Crippen molar-refractivity contribution in [3.05, 3.63) is 65.5 Å². The van der Waals surface area contributed by atoms with Gasteiger partial charge in [0.15, 0.2) is 6.61 Å². The number of benzene rings is 2. The molecule has 1 N–H and O–H groups in total. The van der Waals surface area contributed by atoms with Crippen LogP contribution in [-0.4, -0.2) is 22.7 Å². The monoisotopic (exact) mass is 351 g/mol. The lowest BCUT2D eigenvalue weighted by Crippen LogP contribution is -2.28. The third kappa shape index (κ3) is 4.47. The summed E-state index contributed by atoms with van der Waals surface area (Å²) >= 11 is 0. The topological polar surface area (TPSA) is 77.2 Å². The molecule has 6 heteroatoms. The second-order valence-electron chi connectivity index (χ2n) is 5.91. The molecule has 0 aliphatic heterocycles. The van der Waals surface area contributed by atoms with Gasteiger partial charge in [-0.3, -0.25) is 4.79 Å². The first kappa shape index (κ1) is 17.7. The number of carbonyl (C=O) groups is 1. The molecule has 1 aromatic heterocycles. The summed E-state index contributed by atoms with van der Waals surface area (Å²) in [5.74, 6) is 1.29. The van der Waals surface area contributed by atoms with Gasteiger partial charge in [-0.25, -0.2) is 0 Å². The van der Waals surface area contributed by atoms with Crippen LogP contribution in [0.3, 0.4) is 0 Å². The first-order valence-corrected chi connectivity index (χ1v) is 8.52. The van der Waals surface area contributed by atoms with Crippen LogP contribution in [0.25, 0.3) is 11.5 Å². The second kappa shape index (κ2) is 8.29. The molecule has 134 valence electrons. The van der Waals surface area contributed by atoms with Crippen molar-refractivity contribution < 1.29 is 13.9 Å². The predicted octanol–water partition coefficient (Wildman–Crippen LogP) is 3.30. The van der Waals surface area contributed by atoms with Crippen molar-refractivity contribution in [1.29, 1.82) is 0 Å². The molecule has 1 amide bonds. The number of nitrogens with one attached hydrogen (secondary N) is 1. The fourth-order valence-corrected chi connectivity index (χ4v) is 2.49. The van der Waals surface area contributed by atoms with E-state index in [1.165, 1.54) is 0 Å². The zero-order valence-corrected chi connectivity index (χ0v) is 14.9. The van der Waals surface area contributed by atoms with Gasteiger partial charge in [-0.05, 0) is 24.6 Å². The highest BCUT2D eigenvalue weighted by Gasteiger charge is 2.14. The molecule has 0 bridgehead atoms. The molecule has 0 unspecified atom stereocenters. The quantitative estimate of drug-likeness (QED) is 0.707. The number of para-hydroxylation sites is 1. The van der Waals surface area contributed by atoms with Gasteiger partial charge in [0.2, 0.25) is 5.89 Å². The third-order valence-electron chi connectivity index (χ3n) is 3.82. The van der Waals surface area contributed by atoms with E-state index in [4.69, 9.17) is 9.15 Å². The Hall–Kier alpha value is -3.15. The molecule has 0 aliphatic rings. The summed E-state index contributed by atoms with van der Waals surface area (Å²) in [4.78, 5) is 12.1. The van der Waals surface area contributed by atoms with Crippen molar-refractivity contribution in [1.82, 2.24) is 15.5 Å². The van der Waals surface area contributed by atoms with Crippen molar-refractivity contribution in [3.8, 4) is 17.2 Å². The number of hydrogen-bond donors (Lipinski definition) is 1. The Balaban J connectivity index is 1.60. The van der Waals surface area contributed by atoms with Crippen LogP contribution in [0, 0.1) is 6.92 Å². The Labute approximate surface area is 152 Å². The van der Waals surface area contributed by atoms with Crippen molar-refractivity contribution in [2.75, 3.05) is 6.61 Å². The Morgan fingerprint density at radius 1 is 1.15 bits per heavy atom. The van der Waals surface area contributed by atoms with Crippen LogP contribution in [0.2, 0.25) is 0 Å². The maximum atomic E-state index is 12.1. The number of amides is 1. The number of carbonyl (C=O) groups excluding carboxylic acids is 1. The van der Waals surface area contributed by atoms with E-state index in [2.05, 4.69) is 15.5 Å². The number of aryl methyl sites for hydroxylation is 2. The van der Waals surface area contributed by atoms with Crippen LogP contribution in [0.15, 0.2) is 52.9 Å². The number of aromatic nitrogens is 2. The molecule has 2 aromatic carbocycles. The second-order valence-corrected chi connectivity index (χ2v) is 5.91. The fraction of sp³-hybridized carbons (Fsp3) is 0.250. The van der Waals surface area contributed by atoms with Crippen LogP contribution in [0.1, 0.15) is 23.9 Å². The van der Waals surface area contributed by atoms with E-state index < -0.39 is 0 Å². The van der Waals surface area contributed by atoms with Crippen molar-refractivity contribution in [2.24, 2.45) is 0 Å². The number of nitrogens with zero attached hydrogens (tertiary/aromatic N) is 2. The van der Waals surface area contributed by atoms with Crippen LogP contribution in [0.4, 0.5) is 0 Å². The summed E-state index contributed by atoms with van der Waals surface area (Å²) in [6.45, 7) is 4.34. The average Bonchev–Trinajstić information content (AvgIpc) is 3.14. The molecule has 0 radical (unpaired) electrons. The summed E-state index contributed by atoms with van der Waals surface area (Å²) in [7, 11) is 0. The van der Waals surface area contributed by atoms with E-state index in [1.54, 1.807) is 6.07 Å². The first-order valence-electron chi connectivity index (χ1n) is 8.52. The largest absolute Gasteiger partial charge is 0.483 e. The number of rotatable bonds is 7. The predicted molar refractivity (Wildman–Crippen MR) is 97.6 cm³/mol. The fourth-order valence-electron chi connectivity index (χ4n) is 2.49. The molecule has 1 heterocycles. The maximum absolute atomic E-state index is 12.1. The molecule has 3 rings (SSSR count). The van der Waals surface area contributed by atoms with Gasteiger partial charge in [0, 0.05) is 13.0 Å². The van der Waals surface area contributed by atoms with E-state index in [0.717, 1.165) is 11.1 Å². The highest BCUT2D eigenvalue weighted by atomic mass is 16.5. The molecule has 6 nitrogen and oxygen atoms in total. The van der Waals surface area contributed by atoms with Gasteiger partial charge < -0.3 is 14.5 Å². The maximum Gasteiger partial charge on any atom is 0.258 e. The van der Waals surface area contributed by atoms with E-state index in [0.29, 0.717) is 36.1 Å². The SMILES string of the molecule is CCc1nnc(-c2ccccc2OCC(=O)NCc2cccc(C)c2)o1. The summed E-state index contributed by atoms with van der Waals surface area (Å²) in [5.41, 5.74) is 2.89. The van der Waals surface area contributed by atoms with Gasteiger partial charge >= 0.3 is 0 Å². The van der Waals surface area contributed by atoms with Crippen LogP contribution < -0.4 is 10.1 Å². The zero-order chi connectivity index (χ0) is 18.4. The molecule has 0 spiro atoms. The van der Waals surface area contributed by atoms with Gasteiger partial charge in [0.25, 0.3) is 11.8 Å². The molecule has 26 heavy (non-hydrogen) atoms. The van der Waals surface area contributed by atoms with E-state index in [-0.39, 0.29) is 12.5 Å². The van der Waals surface area contributed by atoms with Crippen molar-refractivity contribution in [3.63, 3.8) is 0 Å². The lowest BCUT2D eigenvalue weighted by atomic mass is 10.1. The smallest absolute Gasteiger partial charge is 0.258 e. The lowest BCUT2D eigenvalue weighted by Gasteiger charge is -2.10. The molecule has 0 saturated heterocycles. The molecule has 0 aliphatic carbocycles. The van der Waals surface area contributed by atoms with Crippen molar-refractivity contribution in [2.45, 2.75) is 26.8 Å². The van der Waals surface area contributed by atoms with E-state index >= 15 is 0 Å². The Morgan fingerprint density at radius 3 is 2.77 bits per heavy atom. The first-order chi connectivity index (χ1) is 12.7. The van der Waals surface area contributed by atoms with Crippen molar-refractivity contribution >= 4 is 5.91 Å². The van der Waals surface area contributed by atoms with E-state index in [1.807, 2.05) is 56.3 Å². The van der Waals surface area contributed by atoms with Crippen LogP contribution in [0.5, 0.6) is 5.75 Å². The Bertz CT molecular complexity index is 889. The van der Waals surface area contributed by atoms with Gasteiger partial charge in [0.1, 0.15) is 5.75 Å². The highest BCUT2D eigenvalue weighted by Crippen LogP contribution is 2.28. The molecular weight excluding hydrogens is 330 g/mol. The molecular formula is C20H21N3O3. The molecule has 0 atom stereocenters. The van der Waals surface area contributed by atoms with Gasteiger partial charge in [-0.1, -0.05) is 48.9 Å². The zero-order valence-electron chi connectivity index (χ0n) is 14.9.